The maximum absolute atomic E-state index is 13.5. The fourth-order valence-electron chi connectivity index (χ4n) is 2.37. The molecule has 0 spiro atoms. The minimum Gasteiger partial charge on any atom is -0.351 e. The van der Waals surface area contributed by atoms with Crippen LogP contribution in [-0.2, 0) is 11.2 Å². The molecular formula is C19H20F2N2O2. The molecule has 0 fully saturated rings. The van der Waals surface area contributed by atoms with Crippen molar-refractivity contribution < 1.29 is 18.4 Å². The molecule has 2 aromatic rings. The van der Waals surface area contributed by atoms with E-state index in [9.17, 15) is 18.4 Å². The van der Waals surface area contributed by atoms with Crippen LogP contribution in [0.25, 0.3) is 0 Å². The highest BCUT2D eigenvalue weighted by Gasteiger charge is 2.14. The van der Waals surface area contributed by atoms with Gasteiger partial charge in [-0.1, -0.05) is 42.5 Å². The zero-order chi connectivity index (χ0) is 18.1. The first-order valence-corrected chi connectivity index (χ1v) is 8.02. The summed E-state index contributed by atoms with van der Waals surface area (Å²) in [4.78, 5) is 23.7. The number of hydrogen-bond acceptors (Lipinski definition) is 2. The fraction of sp³-hybridized carbons (Fsp3) is 0.263. The zero-order valence-corrected chi connectivity index (χ0v) is 13.7. The van der Waals surface area contributed by atoms with E-state index in [4.69, 9.17) is 0 Å². The van der Waals surface area contributed by atoms with E-state index in [1.165, 1.54) is 18.2 Å². The molecule has 2 aromatic carbocycles. The lowest BCUT2D eigenvalue weighted by Crippen LogP contribution is -2.39. The highest BCUT2D eigenvalue weighted by atomic mass is 19.1. The lowest BCUT2D eigenvalue weighted by Gasteiger charge is -2.15. The van der Waals surface area contributed by atoms with Crippen molar-refractivity contribution in [3.63, 3.8) is 0 Å². The minimum absolute atomic E-state index is 0.00845. The van der Waals surface area contributed by atoms with Crippen LogP contribution in [0.3, 0.4) is 0 Å². The normalized spacial score (nSPS) is 11.6. The number of hydrogen-bond donors (Lipinski definition) is 2. The van der Waals surface area contributed by atoms with Crippen LogP contribution < -0.4 is 10.6 Å². The van der Waals surface area contributed by atoms with Gasteiger partial charge in [0, 0.05) is 13.0 Å². The van der Waals surface area contributed by atoms with Crippen molar-refractivity contribution in [1.29, 1.82) is 0 Å². The van der Waals surface area contributed by atoms with Gasteiger partial charge in [-0.15, -0.1) is 0 Å². The lowest BCUT2D eigenvalue weighted by molar-refractivity contribution is -0.121. The third kappa shape index (κ3) is 5.99. The number of nitrogens with one attached hydrogen (secondary N) is 2. The summed E-state index contributed by atoms with van der Waals surface area (Å²) >= 11 is 0. The largest absolute Gasteiger partial charge is 0.351 e. The SMILES string of the molecule is O=C(CCNC(=O)c1ccccc1F)NC(CF)Cc1ccccc1. The van der Waals surface area contributed by atoms with Gasteiger partial charge in [0.05, 0.1) is 11.6 Å². The second-order valence-corrected chi connectivity index (χ2v) is 5.59. The first-order chi connectivity index (χ1) is 12.1. The van der Waals surface area contributed by atoms with Crippen LogP contribution >= 0.6 is 0 Å². The van der Waals surface area contributed by atoms with Crippen molar-refractivity contribution in [2.45, 2.75) is 18.9 Å². The molecule has 4 nitrogen and oxygen atoms in total. The van der Waals surface area contributed by atoms with Crippen LogP contribution in [-0.4, -0.2) is 31.1 Å². The van der Waals surface area contributed by atoms with Crippen molar-refractivity contribution in [2.75, 3.05) is 13.2 Å². The summed E-state index contributed by atoms with van der Waals surface area (Å²) in [6.45, 7) is -0.633. The maximum atomic E-state index is 13.5. The van der Waals surface area contributed by atoms with E-state index in [0.717, 1.165) is 5.56 Å². The molecule has 0 aliphatic heterocycles. The summed E-state index contributed by atoms with van der Waals surface area (Å²) in [5.41, 5.74) is 0.854. The molecule has 0 aliphatic rings. The molecule has 1 atom stereocenters. The Labute approximate surface area is 145 Å². The zero-order valence-electron chi connectivity index (χ0n) is 13.7. The van der Waals surface area contributed by atoms with Crippen LogP contribution in [0.4, 0.5) is 8.78 Å². The maximum Gasteiger partial charge on any atom is 0.254 e. The Morgan fingerprint density at radius 3 is 2.36 bits per heavy atom. The van der Waals surface area contributed by atoms with Gasteiger partial charge in [0.15, 0.2) is 0 Å². The van der Waals surface area contributed by atoms with E-state index < -0.39 is 24.4 Å². The van der Waals surface area contributed by atoms with Crippen molar-refractivity contribution >= 4 is 11.8 Å². The molecule has 0 saturated heterocycles. The fourth-order valence-corrected chi connectivity index (χ4v) is 2.37. The summed E-state index contributed by atoms with van der Waals surface area (Å²) in [7, 11) is 0. The average molecular weight is 346 g/mol. The quantitative estimate of drug-likeness (QED) is 0.772. The van der Waals surface area contributed by atoms with E-state index in [1.807, 2.05) is 30.3 Å². The Hall–Kier alpha value is -2.76. The summed E-state index contributed by atoms with van der Waals surface area (Å²) in [6, 6.07) is 14.3. The first kappa shape index (κ1) is 18.6. The third-order valence-electron chi connectivity index (χ3n) is 3.63. The van der Waals surface area contributed by atoms with Gasteiger partial charge in [-0.05, 0) is 24.1 Å². The molecule has 2 rings (SSSR count). The number of amides is 2. The molecule has 25 heavy (non-hydrogen) atoms. The lowest BCUT2D eigenvalue weighted by atomic mass is 10.1. The Morgan fingerprint density at radius 1 is 1.00 bits per heavy atom. The molecule has 2 amide bonds. The Bertz CT molecular complexity index is 708. The van der Waals surface area contributed by atoms with E-state index >= 15 is 0 Å². The van der Waals surface area contributed by atoms with Crippen LogP contribution in [0.15, 0.2) is 54.6 Å². The first-order valence-electron chi connectivity index (χ1n) is 8.02. The Morgan fingerprint density at radius 2 is 1.68 bits per heavy atom. The average Bonchev–Trinajstić information content (AvgIpc) is 2.62. The van der Waals surface area contributed by atoms with Crippen molar-refractivity contribution in [3.05, 3.63) is 71.5 Å². The number of carbonyl (C=O) groups excluding carboxylic acids is 2. The van der Waals surface area contributed by atoms with Gasteiger partial charge in [-0.3, -0.25) is 9.59 Å². The summed E-state index contributed by atoms with van der Waals surface area (Å²) in [5.74, 6) is -1.57. The standard InChI is InChI=1S/C19H20F2N2O2/c20-13-15(12-14-6-2-1-3-7-14)23-18(24)10-11-22-19(25)16-8-4-5-9-17(16)21/h1-9,15H,10-13H2,(H,22,25)(H,23,24). The van der Waals surface area contributed by atoms with E-state index in [-0.39, 0.29) is 24.4 Å². The summed E-state index contributed by atoms with van der Waals surface area (Å²) < 4.78 is 26.6. The van der Waals surface area contributed by atoms with Gasteiger partial charge in [-0.25, -0.2) is 8.78 Å². The van der Waals surface area contributed by atoms with E-state index in [1.54, 1.807) is 6.07 Å². The van der Waals surface area contributed by atoms with Gasteiger partial charge < -0.3 is 10.6 Å². The third-order valence-corrected chi connectivity index (χ3v) is 3.63. The van der Waals surface area contributed by atoms with Gasteiger partial charge in [0.25, 0.3) is 5.91 Å². The monoisotopic (exact) mass is 346 g/mol. The highest BCUT2D eigenvalue weighted by molar-refractivity contribution is 5.94. The number of alkyl halides is 1. The van der Waals surface area contributed by atoms with Crippen LogP contribution in [0.2, 0.25) is 0 Å². The Kier molecular flexibility index (Phi) is 7.07. The van der Waals surface area contributed by atoms with Gasteiger partial charge >= 0.3 is 0 Å². The highest BCUT2D eigenvalue weighted by Crippen LogP contribution is 2.06. The topological polar surface area (TPSA) is 58.2 Å². The second kappa shape index (κ2) is 9.52. The second-order valence-electron chi connectivity index (χ2n) is 5.59. The predicted molar refractivity (Wildman–Crippen MR) is 91.4 cm³/mol. The van der Waals surface area contributed by atoms with Gasteiger partial charge in [0.1, 0.15) is 12.5 Å². The molecule has 0 heterocycles. The molecule has 0 radical (unpaired) electrons. The number of rotatable bonds is 8. The van der Waals surface area contributed by atoms with E-state index in [0.29, 0.717) is 6.42 Å². The number of halogens is 2. The van der Waals surface area contributed by atoms with Crippen LogP contribution in [0.5, 0.6) is 0 Å². The summed E-state index contributed by atoms with van der Waals surface area (Å²) in [6.07, 6.45) is 0.385. The molecule has 0 bridgehead atoms. The molecule has 1 unspecified atom stereocenters. The molecular weight excluding hydrogens is 326 g/mol. The number of carbonyl (C=O) groups is 2. The predicted octanol–water partition coefficient (Wildman–Crippen LogP) is 2.64. The molecule has 0 saturated carbocycles. The Balaban J connectivity index is 1.76. The van der Waals surface area contributed by atoms with Crippen molar-refractivity contribution in [1.82, 2.24) is 10.6 Å². The smallest absolute Gasteiger partial charge is 0.254 e. The molecule has 0 aromatic heterocycles. The molecule has 132 valence electrons. The minimum atomic E-state index is -0.678. The van der Waals surface area contributed by atoms with Crippen molar-refractivity contribution in [2.24, 2.45) is 0 Å². The molecule has 2 N–H and O–H groups in total. The van der Waals surface area contributed by atoms with Gasteiger partial charge in [-0.2, -0.15) is 0 Å². The number of benzene rings is 2. The van der Waals surface area contributed by atoms with Gasteiger partial charge in [0.2, 0.25) is 5.91 Å². The molecule has 6 heteroatoms. The van der Waals surface area contributed by atoms with Crippen molar-refractivity contribution in [3.8, 4) is 0 Å². The van der Waals surface area contributed by atoms with Crippen LogP contribution in [0.1, 0.15) is 22.3 Å². The summed E-state index contributed by atoms with van der Waals surface area (Å²) in [5, 5.41) is 5.08. The van der Waals surface area contributed by atoms with E-state index in [2.05, 4.69) is 10.6 Å². The van der Waals surface area contributed by atoms with Crippen LogP contribution in [0, 0.1) is 5.82 Å². The molecule has 0 aliphatic carbocycles.